The fourth-order valence-electron chi connectivity index (χ4n) is 2.18. The van der Waals surface area contributed by atoms with Crippen molar-refractivity contribution in [2.45, 2.75) is 6.04 Å². The second kappa shape index (κ2) is 5.04. The molecule has 94 valence electrons. The number of aromatic nitrogens is 1. The Labute approximate surface area is 109 Å². The molecule has 1 aliphatic rings. The summed E-state index contributed by atoms with van der Waals surface area (Å²) in [5.41, 5.74) is 0.935. The van der Waals surface area contributed by atoms with Crippen molar-refractivity contribution in [3.63, 3.8) is 0 Å². The third-order valence-electron chi connectivity index (χ3n) is 3.03. The van der Waals surface area contributed by atoms with E-state index in [9.17, 15) is 4.39 Å². The summed E-state index contributed by atoms with van der Waals surface area (Å²) in [6, 6.07) is 6.74. The van der Waals surface area contributed by atoms with E-state index in [0.29, 0.717) is 13.2 Å². The summed E-state index contributed by atoms with van der Waals surface area (Å²) in [4.78, 5) is 6.52. The molecule has 0 amide bonds. The molecule has 0 radical (unpaired) electrons. The van der Waals surface area contributed by atoms with E-state index in [1.165, 1.54) is 6.07 Å². The molecule has 0 aliphatic carbocycles. The molecule has 1 aromatic carbocycles. The Bertz CT molecular complexity index is 517. The molecule has 1 saturated heterocycles. The Balaban J connectivity index is 1.93. The smallest absolute Gasteiger partial charge is 0.185 e. The van der Waals surface area contributed by atoms with Crippen LogP contribution in [0.4, 0.5) is 9.52 Å². The van der Waals surface area contributed by atoms with Crippen LogP contribution in [0.5, 0.6) is 0 Å². The van der Waals surface area contributed by atoms with E-state index >= 15 is 0 Å². The highest BCUT2D eigenvalue weighted by atomic mass is 32.1. The van der Waals surface area contributed by atoms with Crippen molar-refractivity contribution in [2.24, 2.45) is 0 Å². The maximum atomic E-state index is 13.3. The SMILES string of the molecule is Fc1cccc(C2COCCN2c2nccs2)c1. The lowest BCUT2D eigenvalue weighted by molar-refractivity contribution is 0.0940. The van der Waals surface area contributed by atoms with Gasteiger partial charge in [0.2, 0.25) is 0 Å². The molecule has 2 aromatic rings. The summed E-state index contributed by atoms with van der Waals surface area (Å²) in [5.74, 6) is -0.211. The maximum Gasteiger partial charge on any atom is 0.185 e. The van der Waals surface area contributed by atoms with Gasteiger partial charge in [-0.25, -0.2) is 9.37 Å². The van der Waals surface area contributed by atoms with Gasteiger partial charge >= 0.3 is 0 Å². The van der Waals surface area contributed by atoms with Crippen molar-refractivity contribution >= 4 is 16.5 Å². The quantitative estimate of drug-likeness (QED) is 0.834. The molecular weight excluding hydrogens is 251 g/mol. The molecule has 1 aromatic heterocycles. The fourth-order valence-corrected chi connectivity index (χ4v) is 2.90. The van der Waals surface area contributed by atoms with Crippen LogP contribution in [0.1, 0.15) is 11.6 Å². The Morgan fingerprint density at radius 2 is 2.39 bits per heavy atom. The number of benzene rings is 1. The van der Waals surface area contributed by atoms with E-state index in [2.05, 4.69) is 9.88 Å². The van der Waals surface area contributed by atoms with Gasteiger partial charge in [-0.2, -0.15) is 0 Å². The van der Waals surface area contributed by atoms with Gasteiger partial charge in [-0.05, 0) is 17.7 Å². The standard InChI is InChI=1S/C13H13FN2OS/c14-11-3-1-2-10(8-11)12-9-17-6-5-16(12)13-15-4-7-18-13/h1-4,7-8,12H,5-6,9H2. The molecule has 2 heterocycles. The van der Waals surface area contributed by atoms with Crippen molar-refractivity contribution in [2.75, 3.05) is 24.7 Å². The van der Waals surface area contributed by atoms with E-state index in [4.69, 9.17) is 4.74 Å². The van der Waals surface area contributed by atoms with Gasteiger partial charge < -0.3 is 9.64 Å². The second-order valence-corrected chi connectivity index (χ2v) is 5.03. The number of nitrogens with zero attached hydrogens (tertiary/aromatic N) is 2. The van der Waals surface area contributed by atoms with Crippen LogP contribution in [0.2, 0.25) is 0 Å². The van der Waals surface area contributed by atoms with E-state index in [-0.39, 0.29) is 11.9 Å². The van der Waals surface area contributed by atoms with E-state index in [0.717, 1.165) is 17.2 Å². The van der Waals surface area contributed by atoms with Crippen LogP contribution in [0.15, 0.2) is 35.8 Å². The minimum Gasteiger partial charge on any atom is -0.377 e. The first-order valence-electron chi connectivity index (χ1n) is 5.84. The van der Waals surface area contributed by atoms with Crippen LogP contribution in [-0.2, 0) is 4.74 Å². The molecule has 1 fully saturated rings. The maximum absolute atomic E-state index is 13.3. The molecule has 0 spiro atoms. The monoisotopic (exact) mass is 264 g/mol. The van der Waals surface area contributed by atoms with Crippen molar-refractivity contribution < 1.29 is 9.13 Å². The van der Waals surface area contributed by atoms with Crippen LogP contribution >= 0.6 is 11.3 Å². The molecule has 18 heavy (non-hydrogen) atoms. The highest BCUT2D eigenvalue weighted by Crippen LogP contribution is 2.31. The number of hydrogen-bond acceptors (Lipinski definition) is 4. The van der Waals surface area contributed by atoms with Gasteiger partial charge in [0.05, 0.1) is 19.3 Å². The second-order valence-electron chi connectivity index (χ2n) is 4.15. The van der Waals surface area contributed by atoms with E-state index < -0.39 is 0 Å². The van der Waals surface area contributed by atoms with Crippen molar-refractivity contribution in [3.8, 4) is 0 Å². The van der Waals surface area contributed by atoms with Crippen LogP contribution < -0.4 is 4.90 Å². The van der Waals surface area contributed by atoms with E-state index in [1.54, 1.807) is 29.7 Å². The molecule has 1 atom stereocenters. The van der Waals surface area contributed by atoms with Gasteiger partial charge in [0, 0.05) is 18.1 Å². The lowest BCUT2D eigenvalue weighted by Crippen LogP contribution is -2.39. The molecule has 0 bridgehead atoms. The van der Waals surface area contributed by atoms with Crippen LogP contribution in [-0.4, -0.2) is 24.7 Å². The third-order valence-corrected chi connectivity index (χ3v) is 3.84. The lowest BCUT2D eigenvalue weighted by atomic mass is 10.1. The highest BCUT2D eigenvalue weighted by Gasteiger charge is 2.26. The zero-order chi connectivity index (χ0) is 12.4. The Morgan fingerprint density at radius 3 is 3.17 bits per heavy atom. The number of hydrogen-bond donors (Lipinski definition) is 0. The molecule has 3 rings (SSSR count). The Hall–Kier alpha value is -1.46. The van der Waals surface area contributed by atoms with Gasteiger partial charge in [0.15, 0.2) is 5.13 Å². The fraction of sp³-hybridized carbons (Fsp3) is 0.308. The van der Waals surface area contributed by atoms with Gasteiger partial charge in [-0.1, -0.05) is 12.1 Å². The van der Waals surface area contributed by atoms with Gasteiger partial charge in [0.1, 0.15) is 5.82 Å². The predicted molar refractivity (Wildman–Crippen MR) is 69.4 cm³/mol. The Kier molecular flexibility index (Phi) is 3.25. The molecule has 1 aliphatic heterocycles. The normalized spacial score (nSPS) is 20.1. The minimum atomic E-state index is -0.211. The predicted octanol–water partition coefficient (Wildman–Crippen LogP) is 2.86. The van der Waals surface area contributed by atoms with Crippen molar-refractivity contribution in [1.29, 1.82) is 0 Å². The summed E-state index contributed by atoms with van der Waals surface area (Å²) in [7, 11) is 0. The summed E-state index contributed by atoms with van der Waals surface area (Å²) in [6.45, 7) is 2.04. The first-order valence-corrected chi connectivity index (χ1v) is 6.72. The third kappa shape index (κ3) is 2.23. The van der Waals surface area contributed by atoms with Crippen LogP contribution in [0.3, 0.4) is 0 Å². The van der Waals surface area contributed by atoms with Crippen LogP contribution in [0, 0.1) is 5.82 Å². The molecule has 0 N–H and O–H groups in total. The number of anilines is 1. The number of rotatable bonds is 2. The largest absolute Gasteiger partial charge is 0.377 e. The minimum absolute atomic E-state index is 0.0422. The number of morpholine rings is 1. The van der Waals surface area contributed by atoms with Gasteiger partial charge in [-0.3, -0.25) is 0 Å². The average Bonchev–Trinajstić information content (AvgIpc) is 2.92. The molecule has 1 unspecified atom stereocenters. The summed E-state index contributed by atoms with van der Waals surface area (Å²) in [5, 5.41) is 2.92. The van der Waals surface area contributed by atoms with Gasteiger partial charge in [-0.15, -0.1) is 11.3 Å². The van der Waals surface area contributed by atoms with Crippen molar-refractivity contribution in [3.05, 3.63) is 47.2 Å². The number of halogens is 1. The summed E-state index contributed by atoms with van der Waals surface area (Å²) >= 11 is 1.60. The lowest BCUT2D eigenvalue weighted by Gasteiger charge is -2.35. The Morgan fingerprint density at radius 1 is 1.44 bits per heavy atom. The van der Waals surface area contributed by atoms with E-state index in [1.807, 2.05) is 11.4 Å². The highest BCUT2D eigenvalue weighted by molar-refractivity contribution is 7.13. The topological polar surface area (TPSA) is 25.4 Å². The number of thiazole rings is 1. The average molecular weight is 264 g/mol. The molecule has 0 saturated carbocycles. The van der Waals surface area contributed by atoms with Crippen molar-refractivity contribution in [1.82, 2.24) is 4.98 Å². The zero-order valence-corrected chi connectivity index (χ0v) is 10.6. The molecule has 3 nitrogen and oxygen atoms in total. The molecule has 5 heteroatoms. The number of ether oxygens (including phenoxy) is 1. The van der Waals surface area contributed by atoms with Crippen LogP contribution in [0.25, 0.3) is 0 Å². The summed E-state index contributed by atoms with van der Waals surface area (Å²) < 4.78 is 18.8. The summed E-state index contributed by atoms with van der Waals surface area (Å²) in [6.07, 6.45) is 1.79. The molecular formula is C13H13FN2OS. The first-order chi connectivity index (χ1) is 8.84. The van der Waals surface area contributed by atoms with Gasteiger partial charge in [0.25, 0.3) is 0 Å². The zero-order valence-electron chi connectivity index (χ0n) is 9.75. The first kappa shape index (κ1) is 11.6.